The summed E-state index contributed by atoms with van der Waals surface area (Å²) in [5, 5.41) is 3.47. The monoisotopic (exact) mass is 495 g/mol. The van der Waals surface area contributed by atoms with E-state index in [4.69, 9.17) is 37.1 Å². The van der Waals surface area contributed by atoms with Crippen molar-refractivity contribution in [3.63, 3.8) is 0 Å². The van der Waals surface area contributed by atoms with E-state index in [9.17, 15) is 14.4 Å². The maximum absolute atomic E-state index is 12.4. The zero-order valence-electron chi connectivity index (χ0n) is 17.4. The summed E-state index contributed by atoms with van der Waals surface area (Å²) < 4.78 is 15.5. The first kappa shape index (κ1) is 23.8. The summed E-state index contributed by atoms with van der Waals surface area (Å²) in [6.45, 7) is 4.64. The minimum absolute atomic E-state index is 0.169. The number of furan rings is 1. The standard InChI is InChI=1S/C22H19Cl2NO6S/c1-4-29-22(28)20-17(9-18(32-20)14-6-5-13(23)8-16(14)24)25-19(26)10-30-21(27)15-7-11(2)31-12(15)3/h5-9H,4,10H2,1-3H3,(H,25,26). The van der Waals surface area contributed by atoms with Crippen LogP contribution in [0.4, 0.5) is 5.69 Å². The molecule has 1 N–H and O–H groups in total. The molecular weight excluding hydrogens is 477 g/mol. The lowest BCUT2D eigenvalue weighted by molar-refractivity contribution is -0.119. The van der Waals surface area contributed by atoms with Crippen molar-refractivity contribution < 1.29 is 28.3 Å². The molecule has 0 bridgehead atoms. The maximum atomic E-state index is 12.4. The largest absolute Gasteiger partial charge is 0.466 e. The Morgan fingerprint density at radius 2 is 1.81 bits per heavy atom. The highest BCUT2D eigenvalue weighted by Crippen LogP contribution is 2.39. The highest BCUT2D eigenvalue weighted by atomic mass is 35.5. The topological polar surface area (TPSA) is 94.8 Å². The lowest BCUT2D eigenvalue weighted by atomic mass is 10.2. The minimum atomic E-state index is -0.681. The summed E-state index contributed by atoms with van der Waals surface area (Å²) in [7, 11) is 0. The number of thiophene rings is 1. The van der Waals surface area contributed by atoms with Crippen LogP contribution in [-0.4, -0.2) is 31.1 Å². The summed E-state index contributed by atoms with van der Waals surface area (Å²) in [5.41, 5.74) is 1.12. The number of ether oxygens (including phenoxy) is 2. The molecule has 0 saturated heterocycles. The van der Waals surface area contributed by atoms with Crippen molar-refractivity contribution in [2.45, 2.75) is 20.8 Å². The summed E-state index contributed by atoms with van der Waals surface area (Å²) in [5.74, 6) is -0.928. The Labute approximate surface area is 198 Å². The second kappa shape index (κ2) is 10.2. The van der Waals surface area contributed by atoms with Crippen molar-refractivity contribution >= 4 is 58.1 Å². The van der Waals surface area contributed by atoms with Crippen LogP contribution in [0.1, 0.15) is 38.5 Å². The number of esters is 2. The van der Waals surface area contributed by atoms with E-state index in [1.54, 1.807) is 45.0 Å². The average molecular weight is 496 g/mol. The molecule has 10 heteroatoms. The van der Waals surface area contributed by atoms with E-state index in [-0.39, 0.29) is 22.7 Å². The lowest BCUT2D eigenvalue weighted by Crippen LogP contribution is -2.21. The number of rotatable bonds is 7. The van der Waals surface area contributed by atoms with Crippen LogP contribution in [0, 0.1) is 13.8 Å². The Hall–Kier alpha value is -2.81. The van der Waals surface area contributed by atoms with Gasteiger partial charge in [0.15, 0.2) is 6.61 Å². The molecule has 2 aromatic heterocycles. The first-order valence-electron chi connectivity index (χ1n) is 9.50. The molecular formula is C22H19Cl2NO6S. The van der Waals surface area contributed by atoms with E-state index >= 15 is 0 Å². The molecule has 2 heterocycles. The Balaban J connectivity index is 1.78. The molecule has 0 atom stereocenters. The van der Waals surface area contributed by atoms with Gasteiger partial charge in [-0.1, -0.05) is 29.3 Å². The van der Waals surface area contributed by atoms with E-state index in [0.717, 1.165) is 11.3 Å². The second-order valence-electron chi connectivity index (χ2n) is 6.65. The number of halogens is 2. The molecule has 0 spiro atoms. The van der Waals surface area contributed by atoms with E-state index in [1.165, 1.54) is 6.07 Å². The van der Waals surface area contributed by atoms with Crippen LogP contribution in [0.5, 0.6) is 0 Å². The van der Waals surface area contributed by atoms with Gasteiger partial charge < -0.3 is 19.2 Å². The van der Waals surface area contributed by atoms with Crippen LogP contribution >= 0.6 is 34.5 Å². The number of carbonyl (C=O) groups excluding carboxylic acids is 3. The molecule has 168 valence electrons. The van der Waals surface area contributed by atoms with E-state index in [1.807, 2.05) is 0 Å². The van der Waals surface area contributed by atoms with Crippen molar-refractivity contribution in [2.24, 2.45) is 0 Å². The zero-order chi connectivity index (χ0) is 23.4. The van der Waals surface area contributed by atoms with Gasteiger partial charge in [0.2, 0.25) is 0 Å². The Kier molecular flexibility index (Phi) is 7.60. The normalized spacial score (nSPS) is 10.7. The quantitative estimate of drug-likeness (QED) is 0.409. The Morgan fingerprint density at radius 3 is 2.44 bits per heavy atom. The van der Waals surface area contributed by atoms with Gasteiger partial charge in [-0.3, -0.25) is 4.79 Å². The smallest absolute Gasteiger partial charge is 0.350 e. The fraction of sp³-hybridized carbons (Fsp3) is 0.227. The van der Waals surface area contributed by atoms with Crippen LogP contribution in [0.25, 0.3) is 10.4 Å². The van der Waals surface area contributed by atoms with Crippen molar-refractivity contribution in [1.29, 1.82) is 0 Å². The van der Waals surface area contributed by atoms with E-state index < -0.39 is 24.5 Å². The summed E-state index contributed by atoms with van der Waals surface area (Å²) in [6, 6.07) is 8.11. The number of benzene rings is 1. The Bertz CT molecular complexity index is 1180. The van der Waals surface area contributed by atoms with Crippen LogP contribution in [-0.2, 0) is 14.3 Å². The first-order chi connectivity index (χ1) is 15.2. The molecule has 0 aliphatic carbocycles. The predicted molar refractivity (Wildman–Crippen MR) is 123 cm³/mol. The van der Waals surface area contributed by atoms with Crippen molar-refractivity contribution in [1.82, 2.24) is 0 Å². The molecule has 1 amide bonds. The summed E-state index contributed by atoms with van der Waals surface area (Å²) in [4.78, 5) is 37.8. The van der Waals surface area contributed by atoms with Gasteiger partial charge in [-0.2, -0.15) is 0 Å². The molecule has 3 rings (SSSR count). The number of hydrogen-bond donors (Lipinski definition) is 1. The highest BCUT2D eigenvalue weighted by Gasteiger charge is 2.22. The van der Waals surface area contributed by atoms with Gasteiger partial charge in [0.25, 0.3) is 5.91 Å². The molecule has 0 aliphatic rings. The SMILES string of the molecule is CCOC(=O)c1sc(-c2ccc(Cl)cc2Cl)cc1NC(=O)COC(=O)c1cc(C)oc1C. The number of amides is 1. The molecule has 7 nitrogen and oxygen atoms in total. The van der Waals surface area contributed by atoms with Gasteiger partial charge in [0.05, 0.1) is 17.3 Å². The first-order valence-corrected chi connectivity index (χ1v) is 11.1. The van der Waals surface area contributed by atoms with Gasteiger partial charge in [0.1, 0.15) is 22.0 Å². The van der Waals surface area contributed by atoms with Crippen LogP contribution in [0.2, 0.25) is 10.0 Å². The maximum Gasteiger partial charge on any atom is 0.350 e. The Morgan fingerprint density at radius 1 is 1.06 bits per heavy atom. The molecule has 0 aliphatic heterocycles. The molecule has 32 heavy (non-hydrogen) atoms. The third-order valence-corrected chi connectivity index (χ3v) is 5.96. The van der Waals surface area contributed by atoms with Gasteiger partial charge >= 0.3 is 11.9 Å². The van der Waals surface area contributed by atoms with Gasteiger partial charge in [0, 0.05) is 15.5 Å². The summed E-state index contributed by atoms with van der Waals surface area (Å²) in [6.07, 6.45) is 0. The number of hydrogen-bond acceptors (Lipinski definition) is 7. The van der Waals surface area contributed by atoms with Crippen molar-refractivity contribution in [3.05, 3.63) is 62.3 Å². The van der Waals surface area contributed by atoms with Crippen molar-refractivity contribution in [2.75, 3.05) is 18.5 Å². The number of carbonyl (C=O) groups is 3. The number of nitrogens with one attached hydrogen (secondary N) is 1. The molecule has 0 fully saturated rings. The van der Waals surface area contributed by atoms with Crippen LogP contribution < -0.4 is 5.32 Å². The number of anilines is 1. The third kappa shape index (κ3) is 5.51. The van der Waals surface area contributed by atoms with Crippen molar-refractivity contribution in [3.8, 4) is 10.4 Å². The van der Waals surface area contributed by atoms with Gasteiger partial charge in [-0.25, -0.2) is 9.59 Å². The second-order valence-corrected chi connectivity index (χ2v) is 8.55. The fourth-order valence-electron chi connectivity index (χ4n) is 2.88. The zero-order valence-corrected chi connectivity index (χ0v) is 19.7. The molecule has 0 radical (unpaired) electrons. The highest BCUT2D eigenvalue weighted by molar-refractivity contribution is 7.18. The predicted octanol–water partition coefficient (Wildman–Crippen LogP) is 5.90. The van der Waals surface area contributed by atoms with Gasteiger partial charge in [-0.05, 0) is 45.0 Å². The van der Waals surface area contributed by atoms with Gasteiger partial charge in [-0.15, -0.1) is 11.3 Å². The molecule has 1 aromatic carbocycles. The molecule has 0 unspecified atom stereocenters. The lowest BCUT2D eigenvalue weighted by Gasteiger charge is -2.07. The fourth-order valence-corrected chi connectivity index (χ4v) is 4.50. The average Bonchev–Trinajstić information content (AvgIpc) is 3.29. The number of aryl methyl sites for hydroxylation is 2. The van der Waals surface area contributed by atoms with E-state index in [2.05, 4.69) is 5.32 Å². The van der Waals surface area contributed by atoms with E-state index in [0.29, 0.717) is 32.0 Å². The molecule has 3 aromatic rings. The van der Waals surface area contributed by atoms with Crippen LogP contribution in [0.3, 0.4) is 0 Å². The summed E-state index contributed by atoms with van der Waals surface area (Å²) >= 11 is 13.4. The molecule has 0 saturated carbocycles. The third-order valence-electron chi connectivity index (χ3n) is 4.26. The van der Waals surface area contributed by atoms with Crippen LogP contribution in [0.15, 0.2) is 34.7 Å². The minimum Gasteiger partial charge on any atom is -0.466 e.